The first-order chi connectivity index (χ1) is 7.72. The lowest BCUT2D eigenvalue weighted by Crippen LogP contribution is -2.24. The molecular weight excluding hydrogens is 262 g/mol. The summed E-state index contributed by atoms with van der Waals surface area (Å²) in [6, 6.07) is 8.95. The highest BCUT2D eigenvalue weighted by atomic mass is 79.9. The highest BCUT2D eigenvalue weighted by Gasteiger charge is 2.64. The second-order valence-corrected chi connectivity index (χ2v) is 6.32. The van der Waals surface area contributed by atoms with E-state index in [4.69, 9.17) is 5.73 Å². The van der Waals surface area contributed by atoms with E-state index in [2.05, 4.69) is 40.2 Å². The molecule has 1 nitrogen and oxygen atoms in total. The Bertz CT molecular complexity index is 388. The number of benzene rings is 1. The van der Waals surface area contributed by atoms with E-state index in [1.807, 2.05) is 0 Å². The van der Waals surface area contributed by atoms with Gasteiger partial charge in [-0.1, -0.05) is 28.1 Å². The van der Waals surface area contributed by atoms with Crippen molar-refractivity contribution < 1.29 is 0 Å². The van der Waals surface area contributed by atoms with E-state index in [1.54, 1.807) is 5.56 Å². The van der Waals surface area contributed by atoms with Crippen molar-refractivity contribution in [3.8, 4) is 0 Å². The fraction of sp³-hybridized carbons (Fsp3) is 0.571. The normalized spacial score (nSPS) is 24.1. The van der Waals surface area contributed by atoms with Gasteiger partial charge in [0.25, 0.3) is 0 Å². The van der Waals surface area contributed by atoms with Crippen molar-refractivity contribution in [1.29, 1.82) is 0 Å². The molecular formula is C14H18BrN. The van der Waals surface area contributed by atoms with Crippen molar-refractivity contribution in [2.75, 3.05) is 6.54 Å². The molecule has 0 spiro atoms. The molecule has 2 saturated carbocycles. The fourth-order valence-electron chi connectivity index (χ4n) is 3.41. The lowest BCUT2D eigenvalue weighted by atomic mass is 9.77. The second-order valence-electron chi connectivity index (χ2n) is 5.41. The van der Waals surface area contributed by atoms with Crippen LogP contribution in [-0.2, 0) is 5.41 Å². The molecule has 0 atom stereocenters. The van der Waals surface area contributed by atoms with Gasteiger partial charge < -0.3 is 5.73 Å². The van der Waals surface area contributed by atoms with Crippen molar-refractivity contribution in [3.05, 3.63) is 34.3 Å². The smallest absolute Gasteiger partial charge is 0.0175 e. The largest absolute Gasteiger partial charge is 0.330 e. The van der Waals surface area contributed by atoms with E-state index in [-0.39, 0.29) is 0 Å². The minimum atomic E-state index is 0.493. The van der Waals surface area contributed by atoms with Gasteiger partial charge in [0.15, 0.2) is 0 Å². The van der Waals surface area contributed by atoms with Crippen LogP contribution in [0.5, 0.6) is 0 Å². The highest BCUT2D eigenvalue weighted by Crippen LogP contribution is 2.72. The SMILES string of the molecule is NCCC1(C2(c3ccc(Br)cc3)CC2)CC1. The zero-order chi connectivity index (χ0) is 11.2. The van der Waals surface area contributed by atoms with E-state index >= 15 is 0 Å². The molecule has 0 heterocycles. The zero-order valence-corrected chi connectivity index (χ0v) is 11.1. The lowest BCUT2D eigenvalue weighted by molar-refractivity contribution is 0.355. The minimum Gasteiger partial charge on any atom is -0.330 e. The maximum atomic E-state index is 5.77. The topological polar surface area (TPSA) is 26.0 Å². The summed E-state index contributed by atoms with van der Waals surface area (Å²) in [5.74, 6) is 0. The fourth-order valence-corrected chi connectivity index (χ4v) is 3.68. The van der Waals surface area contributed by atoms with Gasteiger partial charge in [0.2, 0.25) is 0 Å². The molecule has 2 fully saturated rings. The molecule has 2 aliphatic carbocycles. The van der Waals surface area contributed by atoms with Crippen molar-refractivity contribution in [2.24, 2.45) is 11.1 Å². The van der Waals surface area contributed by atoms with Gasteiger partial charge in [-0.3, -0.25) is 0 Å². The first-order valence-electron chi connectivity index (χ1n) is 6.19. The molecule has 0 aromatic heterocycles. The lowest BCUT2D eigenvalue weighted by Gasteiger charge is -2.27. The van der Waals surface area contributed by atoms with Crippen LogP contribution in [0.2, 0.25) is 0 Å². The van der Waals surface area contributed by atoms with Crippen LogP contribution >= 0.6 is 15.9 Å². The second kappa shape index (κ2) is 3.58. The van der Waals surface area contributed by atoms with Crippen molar-refractivity contribution in [3.63, 3.8) is 0 Å². The van der Waals surface area contributed by atoms with Crippen molar-refractivity contribution in [1.82, 2.24) is 0 Å². The average Bonchev–Trinajstić information content (AvgIpc) is 3.13. The van der Waals surface area contributed by atoms with E-state index in [1.165, 1.54) is 36.6 Å². The first kappa shape index (κ1) is 10.8. The minimum absolute atomic E-state index is 0.493. The summed E-state index contributed by atoms with van der Waals surface area (Å²) in [6.45, 7) is 0.846. The standard InChI is InChI=1S/C14H18BrN/c15-12-3-1-11(2-4-12)14(7-8-14)13(5-6-13)9-10-16/h1-4H,5-10,16H2. The molecule has 2 aliphatic rings. The number of nitrogens with two attached hydrogens (primary N) is 1. The third-order valence-corrected chi connectivity index (χ3v) is 5.17. The Morgan fingerprint density at radius 1 is 1.06 bits per heavy atom. The molecule has 0 radical (unpaired) electrons. The van der Waals surface area contributed by atoms with Gasteiger partial charge in [-0.25, -0.2) is 0 Å². The summed E-state index contributed by atoms with van der Waals surface area (Å²) in [5.41, 5.74) is 8.38. The number of rotatable bonds is 4. The third-order valence-electron chi connectivity index (χ3n) is 4.64. The van der Waals surface area contributed by atoms with Crippen molar-refractivity contribution >= 4 is 15.9 Å². The summed E-state index contributed by atoms with van der Waals surface area (Å²) in [5, 5.41) is 0. The molecule has 0 bridgehead atoms. The maximum Gasteiger partial charge on any atom is 0.0175 e. The quantitative estimate of drug-likeness (QED) is 0.895. The van der Waals surface area contributed by atoms with Crippen LogP contribution in [0.4, 0.5) is 0 Å². The summed E-state index contributed by atoms with van der Waals surface area (Å²) >= 11 is 3.51. The molecule has 86 valence electrons. The van der Waals surface area contributed by atoms with Crippen LogP contribution in [0, 0.1) is 5.41 Å². The Labute approximate surface area is 106 Å². The van der Waals surface area contributed by atoms with E-state index < -0.39 is 0 Å². The Morgan fingerprint density at radius 3 is 2.12 bits per heavy atom. The molecule has 2 heteroatoms. The van der Waals surface area contributed by atoms with Gasteiger partial charge >= 0.3 is 0 Å². The Balaban J connectivity index is 1.91. The van der Waals surface area contributed by atoms with E-state index in [0.717, 1.165) is 6.54 Å². The Morgan fingerprint density at radius 2 is 1.69 bits per heavy atom. The molecule has 2 N–H and O–H groups in total. The van der Waals surface area contributed by atoms with Crippen LogP contribution in [0.25, 0.3) is 0 Å². The summed E-state index contributed by atoms with van der Waals surface area (Å²) in [6.07, 6.45) is 6.73. The zero-order valence-electron chi connectivity index (χ0n) is 9.51. The van der Waals surface area contributed by atoms with Gasteiger partial charge in [0, 0.05) is 9.89 Å². The molecule has 1 aromatic carbocycles. The van der Waals surface area contributed by atoms with Crippen LogP contribution in [0.1, 0.15) is 37.7 Å². The number of hydrogen-bond acceptors (Lipinski definition) is 1. The predicted molar refractivity (Wildman–Crippen MR) is 70.4 cm³/mol. The van der Waals surface area contributed by atoms with E-state index in [0.29, 0.717) is 10.8 Å². The van der Waals surface area contributed by atoms with Gasteiger partial charge in [0.1, 0.15) is 0 Å². The van der Waals surface area contributed by atoms with Gasteiger partial charge in [-0.05, 0) is 61.8 Å². The Kier molecular flexibility index (Phi) is 2.41. The van der Waals surface area contributed by atoms with Gasteiger partial charge in [-0.2, -0.15) is 0 Å². The maximum absolute atomic E-state index is 5.77. The van der Waals surface area contributed by atoms with Crippen molar-refractivity contribution in [2.45, 2.75) is 37.5 Å². The average molecular weight is 280 g/mol. The molecule has 1 aromatic rings. The molecule has 3 rings (SSSR count). The molecule has 16 heavy (non-hydrogen) atoms. The Hall–Kier alpha value is -0.340. The number of halogens is 1. The molecule has 0 saturated heterocycles. The molecule has 0 unspecified atom stereocenters. The van der Waals surface area contributed by atoms with Crippen LogP contribution in [0.3, 0.4) is 0 Å². The van der Waals surface area contributed by atoms with Crippen LogP contribution < -0.4 is 5.73 Å². The van der Waals surface area contributed by atoms with Gasteiger partial charge in [-0.15, -0.1) is 0 Å². The number of hydrogen-bond donors (Lipinski definition) is 1. The molecule has 0 aliphatic heterocycles. The summed E-state index contributed by atoms with van der Waals surface area (Å²) < 4.78 is 1.18. The van der Waals surface area contributed by atoms with Crippen LogP contribution in [0.15, 0.2) is 28.7 Å². The first-order valence-corrected chi connectivity index (χ1v) is 6.98. The van der Waals surface area contributed by atoms with Crippen LogP contribution in [-0.4, -0.2) is 6.54 Å². The summed E-state index contributed by atoms with van der Waals surface area (Å²) in [7, 11) is 0. The third kappa shape index (κ3) is 1.46. The summed E-state index contributed by atoms with van der Waals surface area (Å²) in [4.78, 5) is 0. The monoisotopic (exact) mass is 279 g/mol. The van der Waals surface area contributed by atoms with Gasteiger partial charge in [0.05, 0.1) is 0 Å². The van der Waals surface area contributed by atoms with E-state index in [9.17, 15) is 0 Å². The molecule has 0 amide bonds. The predicted octanol–water partition coefficient (Wildman–Crippen LogP) is 3.61. The highest BCUT2D eigenvalue weighted by molar-refractivity contribution is 9.10.